The fraction of sp³-hybridized carbons (Fsp3) is 0.467. The van der Waals surface area contributed by atoms with Gasteiger partial charge in [-0.1, -0.05) is 23.2 Å². The Balaban J connectivity index is 1.73. The van der Waals surface area contributed by atoms with E-state index in [4.69, 9.17) is 33.0 Å². The Morgan fingerprint density at radius 2 is 2.13 bits per heavy atom. The molecular formula is C15H18Cl2N2O4. The van der Waals surface area contributed by atoms with Crippen LogP contribution in [0.5, 0.6) is 5.75 Å². The van der Waals surface area contributed by atoms with Crippen molar-refractivity contribution >= 4 is 35.2 Å². The Morgan fingerprint density at radius 1 is 1.39 bits per heavy atom. The molecule has 0 aromatic heterocycles. The molecule has 2 amide bonds. The number of rotatable bonds is 5. The van der Waals surface area contributed by atoms with E-state index in [2.05, 4.69) is 5.32 Å². The number of carbonyl (C=O) groups excluding carboxylic acids is 1. The van der Waals surface area contributed by atoms with E-state index in [9.17, 15) is 9.59 Å². The SMILES string of the molecule is CC1(C(=O)O)CCN(C(=O)NCCOc2ccc(Cl)c(Cl)c2)C1. The third kappa shape index (κ3) is 4.42. The number of aliphatic carboxylic acids is 1. The monoisotopic (exact) mass is 360 g/mol. The molecule has 2 N–H and O–H groups in total. The molecule has 0 radical (unpaired) electrons. The lowest BCUT2D eigenvalue weighted by Crippen LogP contribution is -2.42. The fourth-order valence-electron chi connectivity index (χ4n) is 2.31. The Morgan fingerprint density at radius 3 is 2.74 bits per heavy atom. The van der Waals surface area contributed by atoms with Crippen LogP contribution in [-0.4, -0.2) is 48.2 Å². The summed E-state index contributed by atoms with van der Waals surface area (Å²) in [6, 6.07) is 4.64. The molecule has 6 nitrogen and oxygen atoms in total. The summed E-state index contributed by atoms with van der Waals surface area (Å²) >= 11 is 11.7. The molecule has 8 heteroatoms. The van der Waals surface area contributed by atoms with Crippen molar-refractivity contribution in [2.24, 2.45) is 5.41 Å². The predicted octanol–water partition coefficient (Wildman–Crippen LogP) is 2.88. The van der Waals surface area contributed by atoms with E-state index in [0.717, 1.165) is 0 Å². The van der Waals surface area contributed by atoms with Gasteiger partial charge in [0.2, 0.25) is 0 Å². The van der Waals surface area contributed by atoms with Crippen LogP contribution in [0.3, 0.4) is 0 Å². The number of halogens is 2. The summed E-state index contributed by atoms with van der Waals surface area (Å²) in [6.45, 7) is 2.87. The van der Waals surface area contributed by atoms with Crippen molar-refractivity contribution in [1.82, 2.24) is 10.2 Å². The average molecular weight is 361 g/mol. The van der Waals surface area contributed by atoms with Crippen LogP contribution in [0.1, 0.15) is 13.3 Å². The van der Waals surface area contributed by atoms with Gasteiger partial charge < -0.3 is 20.1 Å². The van der Waals surface area contributed by atoms with Gasteiger partial charge in [-0.2, -0.15) is 0 Å². The van der Waals surface area contributed by atoms with Crippen LogP contribution >= 0.6 is 23.2 Å². The van der Waals surface area contributed by atoms with Gasteiger partial charge >= 0.3 is 12.0 Å². The van der Waals surface area contributed by atoms with Gasteiger partial charge in [-0.25, -0.2) is 4.79 Å². The van der Waals surface area contributed by atoms with E-state index in [1.807, 2.05) is 0 Å². The third-order valence-corrected chi connectivity index (χ3v) is 4.55. The van der Waals surface area contributed by atoms with E-state index in [0.29, 0.717) is 35.3 Å². The van der Waals surface area contributed by atoms with Crippen LogP contribution in [-0.2, 0) is 4.79 Å². The predicted molar refractivity (Wildman–Crippen MR) is 87.3 cm³/mol. The maximum atomic E-state index is 12.0. The van der Waals surface area contributed by atoms with Crippen LogP contribution in [0.15, 0.2) is 18.2 Å². The van der Waals surface area contributed by atoms with Crippen molar-refractivity contribution in [2.45, 2.75) is 13.3 Å². The summed E-state index contributed by atoms with van der Waals surface area (Å²) in [5.74, 6) is -0.316. The van der Waals surface area contributed by atoms with Gasteiger partial charge in [-0.15, -0.1) is 0 Å². The number of carboxylic acids is 1. The molecule has 0 spiro atoms. The Hall–Kier alpha value is -1.66. The first-order chi connectivity index (χ1) is 10.8. The molecule has 1 heterocycles. The molecule has 2 rings (SSSR count). The molecule has 0 aliphatic carbocycles. The number of ether oxygens (including phenoxy) is 1. The molecule has 1 aliphatic rings. The van der Waals surface area contributed by atoms with Crippen LogP contribution in [0.2, 0.25) is 10.0 Å². The zero-order valence-corrected chi connectivity index (χ0v) is 14.2. The summed E-state index contributed by atoms with van der Waals surface area (Å²) in [4.78, 5) is 24.7. The van der Waals surface area contributed by atoms with Crippen molar-refractivity contribution in [2.75, 3.05) is 26.2 Å². The fourth-order valence-corrected chi connectivity index (χ4v) is 2.60. The third-order valence-electron chi connectivity index (χ3n) is 3.81. The summed E-state index contributed by atoms with van der Waals surface area (Å²) < 4.78 is 5.46. The number of carbonyl (C=O) groups is 2. The summed E-state index contributed by atoms with van der Waals surface area (Å²) in [7, 11) is 0. The number of nitrogens with one attached hydrogen (secondary N) is 1. The molecule has 126 valence electrons. The van der Waals surface area contributed by atoms with Gasteiger partial charge in [0.1, 0.15) is 12.4 Å². The lowest BCUT2D eigenvalue weighted by molar-refractivity contribution is -0.147. The highest BCUT2D eigenvalue weighted by Gasteiger charge is 2.42. The summed E-state index contributed by atoms with van der Waals surface area (Å²) in [5, 5.41) is 12.7. The molecular weight excluding hydrogens is 343 g/mol. The van der Waals surface area contributed by atoms with Crippen molar-refractivity contribution in [1.29, 1.82) is 0 Å². The number of nitrogens with zero attached hydrogens (tertiary/aromatic N) is 1. The van der Waals surface area contributed by atoms with E-state index in [1.54, 1.807) is 25.1 Å². The number of hydrogen-bond donors (Lipinski definition) is 2. The number of benzene rings is 1. The maximum absolute atomic E-state index is 12.0. The number of amides is 2. The number of hydrogen-bond acceptors (Lipinski definition) is 3. The second-order valence-electron chi connectivity index (χ2n) is 5.69. The minimum absolute atomic E-state index is 0.210. The summed E-state index contributed by atoms with van der Waals surface area (Å²) in [6.07, 6.45) is 0.454. The second kappa shape index (κ2) is 7.27. The number of urea groups is 1. The van der Waals surface area contributed by atoms with Gasteiger partial charge in [0, 0.05) is 19.2 Å². The molecule has 0 saturated carbocycles. The van der Waals surface area contributed by atoms with Crippen molar-refractivity contribution in [3.8, 4) is 5.75 Å². The topological polar surface area (TPSA) is 78.9 Å². The highest BCUT2D eigenvalue weighted by atomic mass is 35.5. The van der Waals surface area contributed by atoms with Crippen LogP contribution < -0.4 is 10.1 Å². The molecule has 1 aliphatic heterocycles. The van der Waals surface area contributed by atoms with Gasteiger partial charge in [0.15, 0.2) is 0 Å². The van der Waals surface area contributed by atoms with Crippen molar-refractivity contribution in [3.05, 3.63) is 28.2 Å². The molecule has 1 aromatic rings. The minimum atomic E-state index is -0.879. The molecule has 1 unspecified atom stereocenters. The van der Waals surface area contributed by atoms with Crippen LogP contribution in [0.4, 0.5) is 4.79 Å². The molecule has 1 atom stereocenters. The molecule has 1 aromatic carbocycles. The Kier molecular flexibility index (Phi) is 5.59. The zero-order valence-electron chi connectivity index (χ0n) is 12.6. The first kappa shape index (κ1) is 17.7. The Bertz CT molecular complexity index is 611. The first-order valence-corrected chi connectivity index (χ1v) is 7.91. The highest BCUT2D eigenvalue weighted by Crippen LogP contribution is 2.30. The average Bonchev–Trinajstić information content (AvgIpc) is 2.91. The quantitative estimate of drug-likeness (QED) is 0.791. The van der Waals surface area contributed by atoms with Gasteiger partial charge in [0.05, 0.1) is 22.0 Å². The Labute approximate surface area is 144 Å². The minimum Gasteiger partial charge on any atom is -0.492 e. The normalized spacial score (nSPS) is 20.4. The lowest BCUT2D eigenvalue weighted by atomic mass is 9.90. The van der Waals surface area contributed by atoms with E-state index >= 15 is 0 Å². The number of likely N-dealkylation sites (tertiary alicyclic amines) is 1. The van der Waals surface area contributed by atoms with E-state index in [1.165, 1.54) is 4.90 Å². The number of carboxylic acid groups (broad SMARTS) is 1. The maximum Gasteiger partial charge on any atom is 0.317 e. The summed E-state index contributed by atoms with van der Waals surface area (Å²) in [5.41, 5.74) is -0.867. The highest BCUT2D eigenvalue weighted by molar-refractivity contribution is 6.42. The largest absolute Gasteiger partial charge is 0.492 e. The smallest absolute Gasteiger partial charge is 0.317 e. The van der Waals surface area contributed by atoms with E-state index in [-0.39, 0.29) is 19.2 Å². The second-order valence-corrected chi connectivity index (χ2v) is 6.51. The lowest BCUT2D eigenvalue weighted by Gasteiger charge is -2.20. The van der Waals surface area contributed by atoms with Crippen molar-refractivity contribution in [3.63, 3.8) is 0 Å². The van der Waals surface area contributed by atoms with E-state index < -0.39 is 11.4 Å². The van der Waals surface area contributed by atoms with Gasteiger partial charge in [0.25, 0.3) is 0 Å². The molecule has 0 bridgehead atoms. The molecule has 1 saturated heterocycles. The van der Waals surface area contributed by atoms with Crippen LogP contribution in [0, 0.1) is 5.41 Å². The van der Waals surface area contributed by atoms with Gasteiger partial charge in [-0.05, 0) is 25.5 Å². The zero-order chi connectivity index (χ0) is 17.0. The van der Waals surface area contributed by atoms with Crippen molar-refractivity contribution < 1.29 is 19.4 Å². The molecule has 23 heavy (non-hydrogen) atoms. The van der Waals surface area contributed by atoms with Crippen LogP contribution in [0.25, 0.3) is 0 Å². The van der Waals surface area contributed by atoms with Gasteiger partial charge in [-0.3, -0.25) is 4.79 Å². The first-order valence-electron chi connectivity index (χ1n) is 7.16. The standard InChI is InChI=1S/C15H18Cl2N2O4/c1-15(13(20)21)4-6-19(9-15)14(22)18-5-7-23-10-2-3-11(16)12(17)8-10/h2-3,8H,4-7,9H2,1H3,(H,18,22)(H,20,21). The molecule has 1 fully saturated rings.